The second-order valence-corrected chi connectivity index (χ2v) is 9.14. The van der Waals surface area contributed by atoms with Crippen molar-refractivity contribution in [3.05, 3.63) is 90.0 Å². The van der Waals surface area contributed by atoms with E-state index in [1.54, 1.807) is 36.4 Å². The summed E-state index contributed by atoms with van der Waals surface area (Å²) < 4.78 is 28.4. The summed E-state index contributed by atoms with van der Waals surface area (Å²) in [5, 5.41) is 5.40. The van der Waals surface area contributed by atoms with Crippen LogP contribution in [0, 0.1) is 6.92 Å². The molecule has 3 rings (SSSR count). The summed E-state index contributed by atoms with van der Waals surface area (Å²) in [6.45, 7) is 3.27. The lowest BCUT2D eigenvalue weighted by molar-refractivity contribution is -0.117. The van der Waals surface area contributed by atoms with E-state index in [2.05, 4.69) is 15.4 Å². The summed E-state index contributed by atoms with van der Waals surface area (Å²) in [7, 11) is -3.91. The maximum absolute atomic E-state index is 13.0. The predicted octanol–water partition coefficient (Wildman–Crippen LogP) is 3.48. The average Bonchev–Trinajstić information content (AvgIpc) is 2.75. The molecule has 0 bridgehead atoms. The monoisotopic (exact) mass is 451 g/mol. The number of carbonyl (C=O) groups excluding carboxylic acids is 2. The van der Waals surface area contributed by atoms with E-state index in [4.69, 9.17) is 0 Å². The number of benzene rings is 3. The molecule has 0 saturated heterocycles. The highest BCUT2D eigenvalue weighted by molar-refractivity contribution is 7.89. The fourth-order valence-corrected chi connectivity index (χ4v) is 4.28. The van der Waals surface area contributed by atoms with Crippen molar-refractivity contribution < 1.29 is 18.0 Å². The third kappa shape index (κ3) is 6.50. The average molecular weight is 452 g/mol. The van der Waals surface area contributed by atoms with Gasteiger partial charge in [0, 0.05) is 18.3 Å². The van der Waals surface area contributed by atoms with Crippen molar-refractivity contribution in [1.29, 1.82) is 0 Å². The minimum atomic E-state index is -3.91. The normalized spacial score (nSPS) is 12.1. The van der Waals surface area contributed by atoms with Crippen molar-refractivity contribution in [2.45, 2.75) is 31.2 Å². The number of hydrogen-bond acceptors (Lipinski definition) is 4. The number of nitrogens with one attached hydrogen (secondary N) is 3. The first-order valence-corrected chi connectivity index (χ1v) is 11.5. The van der Waals surface area contributed by atoms with Crippen molar-refractivity contribution in [2.75, 3.05) is 10.6 Å². The molecule has 3 aromatic rings. The molecule has 0 fully saturated rings. The Morgan fingerprint density at radius 1 is 0.812 bits per heavy atom. The number of carbonyl (C=O) groups is 2. The minimum absolute atomic E-state index is 0.0913. The molecule has 0 saturated carbocycles. The number of hydrogen-bond donors (Lipinski definition) is 3. The third-order valence-electron chi connectivity index (χ3n) is 4.70. The summed E-state index contributed by atoms with van der Waals surface area (Å²) in [5.74, 6) is -0.688. The summed E-state index contributed by atoms with van der Waals surface area (Å²) in [4.78, 5) is 24.3. The van der Waals surface area contributed by atoms with E-state index < -0.39 is 22.0 Å². The lowest BCUT2D eigenvalue weighted by atomic mass is 10.1. The van der Waals surface area contributed by atoms with E-state index in [0.29, 0.717) is 11.4 Å². The van der Waals surface area contributed by atoms with E-state index in [1.807, 2.05) is 37.3 Å². The molecular formula is C24H25N3O4S. The Morgan fingerprint density at radius 3 is 1.94 bits per heavy atom. The number of sulfonamides is 1. The van der Waals surface area contributed by atoms with Gasteiger partial charge < -0.3 is 10.6 Å². The Labute approximate surface area is 187 Å². The molecule has 0 unspecified atom stereocenters. The highest BCUT2D eigenvalue weighted by Gasteiger charge is 2.26. The minimum Gasteiger partial charge on any atom is -0.326 e. The number of aryl methyl sites for hydroxylation is 1. The molecule has 8 heteroatoms. The van der Waals surface area contributed by atoms with Crippen LogP contribution in [0.5, 0.6) is 0 Å². The summed E-state index contributed by atoms with van der Waals surface area (Å²) in [6, 6.07) is 21.2. The molecule has 3 aromatic carbocycles. The van der Waals surface area contributed by atoms with Crippen molar-refractivity contribution in [3.63, 3.8) is 0 Å². The van der Waals surface area contributed by atoms with Gasteiger partial charge in [0.2, 0.25) is 21.8 Å². The lowest BCUT2D eigenvalue weighted by Gasteiger charge is -2.19. The predicted molar refractivity (Wildman–Crippen MR) is 125 cm³/mol. The molecule has 0 heterocycles. The zero-order chi connectivity index (χ0) is 23.1. The van der Waals surface area contributed by atoms with Crippen molar-refractivity contribution >= 4 is 33.2 Å². The molecule has 2 amide bonds. The van der Waals surface area contributed by atoms with E-state index in [0.717, 1.165) is 11.1 Å². The SMILES string of the molecule is CC(=O)Nc1ccc(NC(=O)[C@@H](Cc2ccccc2)NS(=O)(=O)c2ccc(C)cc2)cc1. The second-order valence-electron chi connectivity index (χ2n) is 7.42. The molecular weight excluding hydrogens is 426 g/mol. The molecule has 0 radical (unpaired) electrons. The summed E-state index contributed by atoms with van der Waals surface area (Å²) >= 11 is 0. The number of anilines is 2. The van der Waals surface area contributed by atoms with Gasteiger partial charge in [-0.15, -0.1) is 0 Å². The summed E-state index contributed by atoms with van der Waals surface area (Å²) in [6.07, 6.45) is 0.182. The van der Waals surface area contributed by atoms with Gasteiger partial charge in [-0.1, -0.05) is 48.0 Å². The molecule has 0 aliphatic carbocycles. The van der Waals surface area contributed by atoms with Gasteiger partial charge in [-0.25, -0.2) is 8.42 Å². The van der Waals surface area contributed by atoms with Gasteiger partial charge in [0.1, 0.15) is 6.04 Å². The van der Waals surface area contributed by atoms with Gasteiger partial charge in [0.05, 0.1) is 4.90 Å². The molecule has 1 atom stereocenters. The zero-order valence-electron chi connectivity index (χ0n) is 17.8. The van der Waals surface area contributed by atoms with E-state index in [-0.39, 0.29) is 17.2 Å². The molecule has 0 aliphatic heterocycles. The van der Waals surface area contributed by atoms with Crippen molar-refractivity contribution in [3.8, 4) is 0 Å². The zero-order valence-corrected chi connectivity index (χ0v) is 18.6. The summed E-state index contributed by atoms with van der Waals surface area (Å²) in [5.41, 5.74) is 2.83. The first kappa shape index (κ1) is 23.2. The molecule has 0 aromatic heterocycles. The van der Waals surface area contributed by atoms with Gasteiger partial charge in [0.15, 0.2) is 0 Å². The first-order valence-electron chi connectivity index (χ1n) is 10.0. The van der Waals surface area contributed by atoms with Gasteiger partial charge in [-0.3, -0.25) is 9.59 Å². The van der Waals surface area contributed by atoms with Crippen LogP contribution in [0.3, 0.4) is 0 Å². The van der Waals surface area contributed by atoms with Crippen LogP contribution in [0.25, 0.3) is 0 Å². The number of amides is 2. The van der Waals surface area contributed by atoms with Crippen LogP contribution in [-0.4, -0.2) is 26.3 Å². The Balaban J connectivity index is 1.81. The maximum atomic E-state index is 13.0. The molecule has 0 aliphatic rings. The Kier molecular flexibility index (Phi) is 7.40. The topological polar surface area (TPSA) is 104 Å². The van der Waals surface area contributed by atoms with Crippen LogP contribution in [0.2, 0.25) is 0 Å². The van der Waals surface area contributed by atoms with Crippen LogP contribution in [0.4, 0.5) is 11.4 Å². The van der Waals surface area contributed by atoms with Gasteiger partial charge >= 0.3 is 0 Å². The first-order chi connectivity index (χ1) is 15.2. The van der Waals surface area contributed by atoms with Crippen LogP contribution in [0.1, 0.15) is 18.1 Å². The van der Waals surface area contributed by atoms with Crippen LogP contribution < -0.4 is 15.4 Å². The smallest absolute Gasteiger partial charge is 0.242 e. The second kappa shape index (κ2) is 10.2. The van der Waals surface area contributed by atoms with Crippen molar-refractivity contribution in [2.24, 2.45) is 0 Å². The molecule has 0 spiro atoms. The van der Waals surface area contributed by atoms with Gasteiger partial charge in [0.25, 0.3) is 0 Å². The lowest BCUT2D eigenvalue weighted by Crippen LogP contribution is -2.45. The molecule has 7 nitrogen and oxygen atoms in total. The van der Waals surface area contributed by atoms with E-state index in [1.165, 1.54) is 19.1 Å². The quantitative estimate of drug-likeness (QED) is 0.488. The standard InChI is InChI=1S/C24H25N3O4S/c1-17-8-14-22(15-9-17)32(30,31)27-23(16-19-6-4-3-5-7-19)24(29)26-21-12-10-20(11-13-21)25-18(2)28/h3-15,23,27H,16H2,1-2H3,(H,25,28)(H,26,29)/t23-/m1/s1. The van der Waals surface area contributed by atoms with Crippen LogP contribution >= 0.6 is 0 Å². The Bertz CT molecular complexity index is 1180. The fraction of sp³-hybridized carbons (Fsp3) is 0.167. The van der Waals surface area contributed by atoms with Gasteiger partial charge in [-0.05, 0) is 55.3 Å². The van der Waals surface area contributed by atoms with Gasteiger partial charge in [-0.2, -0.15) is 4.72 Å². The Morgan fingerprint density at radius 2 is 1.38 bits per heavy atom. The third-order valence-corrected chi connectivity index (χ3v) is 6.19. The highest BCUT2D eigenvalue weighted by Crippen LogP contribution is 2.16. The van der Waals surface area contributed by atoms with Crippen LogP contribution in [-0.2, 0) is 26.0 Å². The molecule has 3 N–H and O–H groups in total. The van der Waals surface area contributed by atoms with Crippen molar-refractivity contribution in [1.82, 2.24) is 4.72 Å². The maximum Gasteiger partial charge on any atom is 0.242 e. The van der Waals surface area contributed by atoms with E-state index in [9.17, 15) is 18.0 Å². The largest absolute Gasteiger partial charge is 0.326 e. The molecule has 32 heavy (non-hydrogen) atoms. The van der Waals surface area contributed by atoms with Crippen LogP contribution in [0.15, 0.2) is 83.8 Å². The fourth-order valence-electron chi connectivity index (χ4n) is 3.08. The Hall–Kier alpha value is -3.49. The highest BCUT2D eigenvalue weighted by atomic mass is 32.2. The van der Waals surface area contributed by atoms with E-state index >= 15 is 0 Å². The molecule has 166 valence electrons. The number of rotatable bonds is 8.